The lowest BCUT2D eigenvalue weighted by Crippen LogP contribution is -2.29. The lowest BCUT2D eigenvalue weighted by atomic mass is 9.77. The van der Waals surface area contributed by atoms with Gasteiger partial charge < -0.3 is 19.7 Å². The molecule has 0 aliphatic carbocycles. The Labute approximate surface area is 243 Å². The summed E-state index contributed by atoms with van der Waals surface area (Å²) < 4.78 is 5.40. The van der Waals surface area contributed by atoms with Crippen LogP contribution < -0.4 is 10.1 Å². The zero-order valence-electron chi connectivity index (χ0n) is 23.0. The van der Waals surface area contributed by atoms with Gasteiger partial charge in [-0.1, -0.05) is 72.8 Å². The van der Waals surface area contributed by atoms with E-state index in [2.05, 4.69) is 24.3 Å². The standard InChI is InChI=1S/C34H25B2N2O4/c1-19-13-29(31-17-23(36(40)41)15-21-7-3-5-9-25(21)31)27-11-12-28-30(14-20(2)38-34(28)33(27)37-19)32-18-24(42-35-39)16-22-8-4-6-10-26(22)32/h3-18,39-41H,1-2H3. The van der Waals surface area contributed by atoms with E-state index in [9.17, 15) is 15.1 Å². The Bertz CT molecular complexity index is 2180. The van der Waals surface area contributed by atoms with Crippen LogP contribution >= 0.6 is 0 Å². The third-order valence-electron chi connectivity index (χ3n) is 7.80. The molecule has 0 aliphatic rings. The Balaban J connectivity index is 1.55. The van der Waals surface area contributed by atoms with E-state index in [0.29, 0.717) is 18.9 Å². The maximum absolute atomic E-state index is 10.1. The zero-order valence-corrected chi connectivity index (χ0v) is 23.0. The first-order valence-electron chi connectivity index (χ1n) is 13.7. The molecule has 0 saturated carbocycles. The van der Waals surface area contributed by atoms with Crippen LogP contribution in [0.4, 0.5) is 0 Å². The van der Waals surface area contributed by atoms with Crippen molar-refractivity contribution in [2.24, 2.45) is 0 Å². The van der Waals surface area contributed by atoms with Gasteiger partial charge in [-0.3, -0.25) is 9.97 Å². The first-order valence-corrected chi connectivity index (χ1v) is 13.7. The van der Waals surface area contributed by atoms with Crippen molar-refractivity contribution < 1.29 is 19.7 Å². The second-order valence-electron chi connectivity index (χ2n) is 10.6. The molecule has 7 rings (SSSR count). The molecule has 0 amide bonds. The zero-order chi connectivity index (χ0) is 29.0. The number of nitrogens with zero attached hydrogens (tertiary/aromatic N) is 2. The molecule has 0 atom stereocenters. The van der Waals surface area contributed by atoms with Crippen molar-refractivity contribution >= 4 is 63.6 Å². The summed E-state index contributed by atoms with van der Waals surface area (Å²) in [4.78, 5) is 9.98. The van der Waals surface area contributed by atoms with E-state index in [1.54, 1.807) is 0 Å². The number of rotatable bonds is 5. The van der Waals surface area contributed by atoms with Crippen LogP contribution in [-0.4, -0.2) is 39.8 Å². The van der Waals surface area contributed by atoms with Crippen LogP contribution in [0.15, 0.2) is 97.1 Å². The molecule has 0 fully saturated rings. The molecule has 6 nitrogen and oxygen atoms in total. The summed E-state index contributed by atoms with van der Waals surface area (Å²) >= 11 is 0. The van der Waals surface area contributed by atoms with Crippen molar-refractivity contribution in [3.8, 4) is 28.0 Å². The van der Waals surface area contributed by atoms with Crippen molar-refractivity contribution in [2.75, 3.05) is 0 Å². The molecule has 201 valence electrons. The molecule has 2 aromatic heterocycles. The quantitative estimate of drug-likeness (QED) is 0.191. The molecule has 0 spiro atoms. The molecule has 0 saturated heterocycles. The topological polar surface area (TPSA) is 95.7 Å². The van der Waals surface area contributed by atoms with Gasteiger partial charge >= 0.3 is 14.8 Å². The molecule has 0 bridgehead atoms. The average molecular weight is 547 g/mol. The highest BCUT2D eigenvalue weighted by Gasteiger charge is 2.19. The second-order valence-corrected chi connectivity index (χ2v) is 10.6. The molecule has 7 aromatic rings. The van der Waals surface area contributed by atoms with E-state index >= 15 is 0 Å². The molecule has 2 heterocycles. The minimum Gasteiger partial charge on any atom is -0.537 e. The highest BCUT2D eigenvalue weighted by molar-refractivity contribution is 6.59. The Kier molecular flexibility index (Phi) is 6.39. The van der Waals surface area contributed by atoms with E-state index in [4.69, 9.17) is 14.6 Å². The number of hydrogen-bond donors (Lipinski definition) is 3. The van der Waals surface area contributed by atoms with Crippen LogP contribution in [0.25, 0.3) is 65.6 Å². The van der Waals surface area contributed by atoms with E-state index < -0.39 is 7.12 Å². The van der Waals surface area contributed by atoms with Gasteiger partial charge in [-0.15, -0.1) is 0 Å². The summed E-state index contributed by atoms with van der Waals surface area (Å²) in [5.74, 6) is 0.531. The number of aromatic nitrogens is 2. The maximum Gasteiger partial charge on any atom is 0.569 e. The predicted molar refractivity (Wildman–Crippen MR) is 171 cm³/mol. The normalized spacial score (nSPS) is 11.5. The SMILES string of the molecule is Cc1cc(-c2cc(O[B]O)cc3ccccc23)c2ccc3c(-c4cc(B(O)O)cc5ccccc45)cc(C)nc3c2n1. The fourth-order valence-electron chi connectivity index (χ4n) is 6.02. The lowest BCUT2D eigenvalue weighted by molar-refractivity contribution is 0.426. The van der Waals surface area contributed by atoms with Gasteiger partial charge in [-0.25, -0.2) is 0 Å². The first kappa shape index (κ1) is 26.2. The Morgan fingerprint density at radius 1 is 0.595 bits per heavy atom. The minimum atomic E-state index is -1.59. The van der Waals surface area contributed by atoms with Crippen molar-refractivity contribution in [1.82, 2.24) is 9.97 Å². The van der Waals surface area contributed by atoms with E-state index in [1.165, 1.54) is 0 Å². The molecule has 42 heavy (non-hydrogen) atoms. The Morgan fingerprint density at radius 2 is 1.10 bits per heavy atom. The van der Waals surface area contributed by atoms with Crippen LogP contribution in [0.2, 0.25) is 0 Å². The Hall–Kier alpha value is -4.75. The fourth-order valence-corrected chi connectivity index (χ4v) is 6.02. The van der Waals surface area contributed by atoms with Gasteiger partial charge in [0, 0.05) is 22.2 Å². The van der Waals surface area contributed by atoms with Crippen LogP contribution in [0.1, 0.15) is 11.4 Å². The maximum atomic E-state index is 10.1. The molecule has 3 N–H and O–H groups in total. The van der Waals surface area contributed by atoms with E-state index in [1.807, 2.05) is 86.6 Å². The van der Waals surface area contributed by atoms with Gasteiger partial charge in [0.1, 0.15) is 5.75 Å². The van der Waals surface area contributed by atoms with Crippen molar-refractivity contribution in [3.05, 3.63) is 108 Å². The van der Waals surface area contributed by atoms with E-state index in [-0.39, 0.29) is 0 Å². The van der Waals surface area contributed by atoms with Crippen molar-refractivity contribution in [2.45, 2.75) is 13.8 Å². The van der Waals surface area contributed by atoms with Gasteiger partial charge in [0.15, 0.2) is 0 Å². The summed E-state index contributed by atoms with van der Waals surface area (Å²) in [6.07, 6.45) is 0. The molecule has 5 aromatic carbocycles. The van der Waals surface area contributed by atoms with Gasteiger partial charge in [-0.05, 0) is 87.4 Å². The van der Waals surface area contributed by atoms with Crippen molar-refractivity contribution in [1.29, 1.82) is 0 Å². The predicted octanol–water partition coefficient (Wildman–Crippen LogP) is 5.63. The van der Waals surface area contributed by atoms with Crippen LogP contribution in [0.5, 0.6) is 5.75 Å². The third kappa shape index (κ3) is 4.37. The lowest BCUT2D eigenvalue weighted by Gasteiger charge is -2.17. The minimum absolute atomic E-state index is 0.428. The van der Waals surface area contributed by atoms with Gasteiger partial charge in [0.05, 0.1) is 11.0 Å². The van der Waals surface area contributed by atoms with Gasteiger partial charge in [0.25, 0.3) is 0 Å². The molecular formula is C34H25B2N2O4. The van der Waals surface area contributed by atoms with Crippen LogP contribution in [0, 0.1) is 13.8 Å². The average Bonchev–Trinajstić information content (AvgIpc) is 2.99. The summed E-state index contributed by atoms with van der Waals surface area (Å²) in [5, 5.41) is 35.3. The van der Waals surface area contributed by atoms with Gasteiger partial charge in [-0.2, -0.15) is 0 Å². The molecule has 1 radical (unpaired) electrons. The highest BCUT2D eigenvalue weighted by atomic mass is 16.5. The summed E-state index contributed by atoms with van der Waals surface area (Å²) in [5.41, 5.74) is 7.44. The highest BCUT2D eigenvalue weighted by Crippen LogP contribution is 2.41. The largest absolute Gasteiger partial charge is 0.569 e. The van der Waals surface area contributed by atoms with Gasteiger partial charge in [0.2, 0.25) is 0 Å². The Morgan fingerprint density at radius 3 is 1.64 bits per heavy atom. The second kappa shape index (κ2) is 10.3. The molecule has 0 unspecified atom stereocenters. The van der Waals surface area contributed by atoms with Crippen LogP contribution in [-0.2, 0) is 0 Å². The van der Waals surface area contributed by atoms with E-state index in [0.717, 1.165) is 77.0 Å². The number of hydrogen-bond acceptors (Lipinski definition) is 6. The number of benzene rings is 5. The number of aryl methyl sites for hydroxylation is 2. The first-order chi connectivity index (χ1) is 20.4. The number of fused-ring (bicyclic) bond motifs is 5. The summed E-state index contributed by atoms with van der Waals surface area (Å²) in [6.45, 7) is 3.94. The number of pyridine rings is 2. The summed E-state index contributed by atoms with van der Waals surface area (Å²) in [6, 6.07) is 31.8. The van der Waals surface area contributed by atoms with Crippen molar-refractivity contribution in [3.63, 3.8) is 0 Å². The fraction of sp³-hybridized carbons (Fsp3) is 0.0588. The molecule has 8 heteroatoms. The smallest absolute Gasteiger partial charge is 0.537 e. The molecule has 0 aliphatic heterocycles. The monoisotopic (exact) mass is 547 g/mol. The molecular weight excluding hydrogens is 522 g/mol. The summed E-state index contributed by atoms with van der Waals surface area (Å²) in [7, 11) is -0.895. The van der Waals surface area contributed by atoms with Crippen LogP contribution in [0.3, 0.4) is 0 Å². The third-order valence-corrected chi connectivity index (χ3v) is 7.80.